The van der Waals surface area contributed by atoms with Crippen LogP contribution in [0.15, 0.2) is 24.3 Å². The van der Waals surface area contributed by atoms with E-state index in [-0.39, 0.29) is 12.0 Å². The number of nitrogens with two attached hydrogens (primary N) is 1. The zero-order chi connectivity index (χ0) is 14.2. The van der Waals surface area contributed by atoms with E-state index >= 15 is 0 Å². The van der Waals surface area contributed by atoms with Gasteiger partial charge in [-0.25, -0.2) is 5.84 Å². The molecule has 3 N–H and O–H groups in total. The molecule has 20 heavy (non-hydrogen) atoms. The summed E-state index contributed by atoms with van der Waals surface area (Å²) in [6, 6.07) is 6.80. The predicted molar refractivity (Wildman–Crippen MR) is 73.4 cm³/mol. The molecular formula is C14H20N2O4. The lowest BCUT2D eigenvalue weighted by Gasteiger charge is -2.22. The maximum Gasteiger partial charge on any atom is 0.265 e. The summed E-state index contributed by atoms with van der Waals surface area (Å²) in [6.07, 6.45) is 2.18. The van der Waals surface area contributed by atoms with Gasteiger partial charge in [-0.3, -0.25) is 10.2 Å². The van der Waals surface area contributed by atoms with E-state index in [4.69, 9.17) is 20.1 Å². The Morgan fingerprint density at radius 1 is 1.25 bits per heavy atom. The standard InChI is InChI=1S/C14H20N2O4/c15-16-14(17)11-1-3-12(4-2-11)19-9-10-20-13-5-7-18-8-6-13/h1-4,13H,5-10,15H2,(H,16,17). The molecule has 6 heteroatoms. The quantitative estimate of drug-likeness (QED) is 0.349. The number of hydrogen-bond acceptors (Lipinski definition) is 5. The molecular weight excluding hydrogens is 260 g/mol. The highest BCUT2D eigenvalue weighted by Crippen LogP contribution is 2.13. The molecule has 0 aromatic heterocycles. The van der Waals surface area contributed by atoms with Crippen LogP contribution in [0.25, 0.3) is 0 Å². The first kappa shape index (κ1) is 14.8. The lowest BCUT2D eigenvalue weighted by atomic mass is 10.2. The smallest absolute Gasteiger partial charge is 0.265 e. The van der Waals surface area contributed by atoms with E-state index in [2.05, 4.69) is 5.43 Å². The van der Waals surface area contributed by atoms with Gasteiger partial charge in [-0.2, -0.15) is 0 Å². The maximum atomic E-state index is 11.3. The van der Waals surface area contributed by atoms with Crippen LogP contribution in [0, 0.1) is 0 Å². The van der Waals surface area contributed by atoms with Crippen LogP contribution in [0.5, 0.6) is 5.75 Å². The molecule has 0 bridgehead atoms. The molecule has 0 radical (unpaired) electrons. The van der Waals surface area contributed by atoms with E-state index in [1.54, 1.807) is 24.3 Å². The van der Waals surface area contributed by atoms with E-state index in [1.807, 2.05) is 0 Å². The average Bonchev–Trinajstić information content (AvgIpc) is 2.52. The van der Waals surface area contributed by atoms with Gasteiger partial charge in [-0.15, -0.1) is 0 Å². The summed E-state index contributed by atoms with van der Waals surface area (Å²) < 4.78 is 16.5. The predicted octanol–water partition coefficient (Wildman–Crippen LogP) is 0.864. The van der Waals surface area contributed by atoms with Crippen molar-refractivity contribution in [1.82, 2.24) is 5.43 Å². The van der Waals surface area contributed by atoms with Crippen LogP contribution in [0.4, 0.5) is 0 Å². The Labute approximate surface area is 118 Å². The van der Waals surface area contributed by atoms with Gasteiger partial charge in [0.2, 0.25) is 0 Å². The molecule has 0 spiro atoms. The fourth-order valence-corrected chi connectivity index (χ4v) is 2.00. The zero-order valence-electron chi connectivity index (χ0n) is 11.3. The summed E-state index contributed by atoms with van der Waals surface area (Å²) in [7, 11) is 0. The van der Waals surface area contributed by atoms with E-state index < -0.39 is 0 Å². The van der Waals surface area contributed by atoms with Crippen LogP contribution in [0.1, 0.15) is 23.2 Å². The highest BCUT2D eigenvalue weighted by Gasteiger charge is 2.13. The fraction of sp³-hybridized carbons (Fsp3) is 0.500. The van der Waals surface area contributed by atoms with Crippen LogP contribution in [-0.2, 0) is 9.47 Å². The van der Waals surface area contributed by atoms with Crippen molar-refractivity contribution in [2.24, 2.45) is 5.84 Å². The molecule has 110 valence electrons. The van der Waals surface area contributed by atoms with Gasteiger partial charge < -0.3 is 14.2 Å². The second-order valence-corrected chi connectivity index (χ2v) is 4.53. The van der Waals surface area contributed by atoms with Gasteiger partial charge in [0.1, 0.15) is 12.4 Å². The summed E-state index contributed by atoms with van der Waals surface area (Å²) >= 11 is 0. The van der Waals surface area contributed by atoms with Crippen molar-refractivity contribution >= 4 is 5.91 Å². The number of hydrogen-bond donors (Lipinski definition) is 2. The Bertz CT molecular complexity index is 416. The van der Waals surface area contributed by atoms with E-state index in [1.165, 1.54) is 0 Å². The first-order valence-corrected chi connectivity index (χ1v) is 6.73. The number of nitrogens with one attached hydrogen (secondary N) is 1. The molecule has 2 rings (SSSR count). The number of benzene rings is 1. The normalized spacial score (nSPS) is 15.8. The first-order valence-electron chi connectivity index (χ1n) is 6.73. The van der Waals surface area contributed by atoms with Crippen LogP contribution in [-0.4, -0.2) is 38.4 Å². The number of nitrogen functional groups attached to an aromatic ring is 1. The maximum absolute atomic E-state index is 11.3. The largest absolute Gasteiger partial charge is 0.491 e. The highest BCUT2D eigenvalue weighted by atomic mass is 16.5. The van der Waals surface area contributed by atoms with Crippen LogP contribution < -0.4 is 16.0 Å². The summed E-state index contributed by atoms with van der Waals surface area (Å²) in [5.41, 5.74) is 2.58. The third kappa shape index (κ3) is 4.48. The fourth-order valence-electron chi connectivity index (χ4n) is 2.00. The van der Waals surface area contributed by atoms with Gasteiger partial charge in [-0.1, -0.05) is 0 Å². The van der Waals surface area contributed by atoms with Gasteiger partial charge in [0.25, 0.3) is 5.91 Å². The molecule has 1 aliphatic rings. The molecule has 1 aliphatic heterocycles. The highest BCUT2D eigenvalue weighted by molar-refractivity contribution is 5.93. The molecule has 0 unspecified atom stereocenters. The minimum absolute atomic E-state index is 0.281. The monoisotopic (exact) mass is 280 g/mol. The van der Waals surface area contributed by atoms with Crippen LogP contribution in [0.2, 0.25) is 0 Å². The summed E-state index contributed by atoms with van der Waals surface area (Å²) in [5.74, 6) is 5.44. The summed E-state index contributed by atoms with van der Waals surface area (Å²) in [4.78, 5) is 11.3. The van der Waals surface area contributed by atoms with E-state index in [0.29, 0.717) is 24.5 Å². The Balaban J connectivity index is 1.67. The molecule has 1 heterocycles. The molecule has 1 aromatic rings. The Morgan fingerprint density at radius 2 is 1.95 bits per heavy atom. The second-order valence-electron chi connectivity index (χ2n) is 4.53. The molecule has 1 fully saturated rings. The van der Waals surface area contributed by atoms with E-state index in [0.717, 1.165) is 26.1 Å². The van der Waals surface area contributed by atoms with Crippen molar-refractivity contribution < 1.29 is 19.0 Å². The van der Waals surface area contributed by atoms with Gasteiger partial charge >= 0.3 is 0 Å². The van der Waals surface area contributed by atoms with Gasteiger partial charge in [0.15, 0.2) is 0 Å². The average molecular weight is 280 g/mol. The Hall–Kier alpha value is -1.63. The third-order valence-corrected chi connectivity index (χ3v) is 3.12. The van der Waals surface area contributed by atoms with Crippen LogP contribution >= 0.6 is 0 Å². The van der Waals surface area contributed by atoms with E-state index in [9.17, 15) is 4.79 Å². The lowest BCUT2D eigenvalue weighted by Crippen LogP contribution is -2.29. The summed E-state index contributed by atoms with van der Waals surface area (Å²) in [5, 5.41) is 0. The minimum Gasteiger partial charge on any atom is -0.491 e. The number of amides is 1. The first-order chi connectivity index (χ1) is 9.79. The van der Waals surface area contributed by atoms with Gasteiger partial charge in [0.05, 0.1) is 12.7 Å². The number of hydrazine groups is 1. The van der Waals surface area contributed by atoms with Crippen molar-refractivity contribution in [3.63, 3.8) is 0 Å². The number of carbonyl (C=O) groups excluding carboxylic acids is 1. The van der Waals surface area contributed by atoms with Crippen molar-refractivity contribution in [1.29, 1.82) is 0 Å². The minimum atomic E-state index is -0.320. The van der Waals surface area contributed by atoms with Gasteiger partial charge in [-0.05, 0) is 37.1 Å². The Kier molecular flexibility index (Phi) is 5.79. The Morgan fingerprint density at radius 3 is 2.60 bits per heavy atom. The van der Waals surface area contributed by atoms with Crippen molar-refractivity contribution in [3.8, 4) is 5.75 Å². The van der Waals surface area contributed by atoms with Crippen molar-refractivity contribution in [2.75, 3.05) is 26.4 Å². The second kappa shape index (κ2) is 7.84. The number of ether oxygens (including phenoxy) is 3. The molecule has 0 atom stereocenters. The van der Waals surface area contributed by atoms with Gasteiger partial charge in [0, 0.05) is 18.8 Å². The zero-order valence-corrected chi connectivity index (χ0v) is 11.3. The molecule has 1 amide bonds. The molecule has 0 saturated carbocycles. The topological polar surface area (TPSA) is 82.8 Å². The third-order valence-electron chi connectivity index (χ3n) is 3.12. The lowest BCUT2D eigenvalue weighted by molar-refractivity contribution is -0.0388. The molecule has 1 saturated heterocycles. The molecule has 6 nitrogen and oxygen atoms in total. The SMILES string of the molecule is NNC(=O)c1ccc(OCCOC2CCOCC2)cc1. The molecule has 1 aromatic carbocycles. The summed E-state index contributed by atoms with van der Waals surface area (Å²) in [6.45, 7) is 2.59. The number of carbonyl (C=O) groups is 1. The van der Waals surface area contributed by atoms with Crippen molar-refractivity contribution in [2.45, 2.75) is 18.9 Å². The van der Waals surface area contributed by atoms with Crippen molar-refractivity contribution in [3.05, 3.63) is 29.8 Å². The number of rotatable bonds is 6. The van der Waals surface area contributed by atoms with Crippen LogP contribution in [0.3, 0.4) is 0 Å². The molecule has 0 aliphatic carbocycles.